The molecular weight excluding hydrogens is 326 g/mol. The molecule has 0 amide bonds. The number of rotatable bonds is 6. The minimum Gasteiger partial charge on any atom is -0.354 e. The van der Waals surface area contributed by atoms with Gasteiger partial charge in [-0.3, -0.25) is 0 Å². The lowest BCUT2D eigenvalue weighted by molar-refractivity contribution is 0.585. The highest BCUT2D eigenvalue weighted by Crippen LogP contribution is 2.57. The molecule has 0 bridgehead atoms. The molecule has 0 radical (unpaired) electrons. The second kappa shape index (κ2) is 7.52. The number of hydrogen-bond donors (Lipinski definition) is 1. The lowest BCUT2D eigenvalue weighted by Crippen LogP contribution is -2.07. The average molecular weight is 343 g/mol. The van der Waals surface area contributed by atoms with Crippen molar-refractivity contribution in [3.05, 3.63) is 28.2 Å². The van der Waals surface area contributed by atoms with E-state index in [-0.39, 0.29) is 0 Å². The van der Waals surface area contributed by atoms with Gasteiger partial charge in [-0.05, 0) is 18.1 Å². The molecule has 0 aromatic heterocycles. The summed E-state index contributed by atoms with van der Waals surface area (Å²) in [6.07, 6.45) is 2.28. The van der Waals surface area contributed by atoms with Crippen molar-refractivity contribution in [2.45, 2.75) is 26.7 Å². The Morgan fingerprint density at radius 1 is 1.39 bits per heavy atom. The lowest BCUT2D eigenvalue weighted by atomic mass is 10.1. The monoisotopic (exact) mass is 342 g/mol. The van der Waals surface area contributed by atoms with Crippen LogP contribution in [0, 0.1) is 5.92 Å². The molecule has 0 fully saturated rings. The Morgan fingerprint density at radius 3 is 2.44 bits per heavy atom. The molecule has 18 heavy (non-hydrogen) atoms. The predicted octanol–water partition coefficient (Wildman–Crippen LogP) is 5.09. The molecule has 0 spiro atoms. The molecule has 2 unspecified atom stereocenters. The summed E-state index contributed by atoms with van der Waals surface area (Å²) < 4.78 is 0. The molecule has 0 aliphatic heterocycles. The van der Waals surface area contributed by atoms with Crippen LogP contribution >= 0.6 is 40.1 Å². The molecule has 102 valence electrons. The minimum atomic E-state index is -2.71. The summed E-state index contributed by atoms with van der Waals surface area (Å²) in [6.45, 7) is 4.32. The van der Waals surface area contributed by atoms with E-state index in [2.05, 4.69) is 13.8 Å². The summed E-state index contributed by atoms with van der Waals surface area (Å²) >= 11 is 19.0. The van der Waals surface area contributed by atoms with E-state index in [0.29, 0.717) is 21.3 Å². The van der Waals surface area contributed by atoms with Gasteiger partial charge in [0.2, 0.25) is 0 Å². The first-order chi connectivity index (χ1) is 8.38. The average Bonchev–Trinajstić information content (AvgIpc) is 2.26. The summed E-state index contributed by atoms with van der Waals surface area (Å²) in [7, 11) is 0. The van der Waals surface area contributed by atoms with Gasteiger partial charge in [0.05, 0.1) is 15.3 Å². The summed E-state index contributed by atoms with van der Waals surface area (Å²) in [5.41, 5.74) is -2.71. The van der Waals surface area contributed by atoms with Crippen molar-refractivity contribution < 1.29 is 4.89 Å². The summed E-state index contributed by atoms with van der Waals surface area (Å²) in [5.74, 6) is 1.37. The Kier molecular flexibility index (Phi) is 7.02. The summed E-state index contributed by atoms with van der Waals surface area (Å²) in [4.78, 5) is 10.5. The molecule has 0 aliphatic rings. The second-order valence-electron chi connectivity index (χ2n) is 4.28. The van der Waals surface area contributed by atoms with E-state index in [0.717, 1.165) is 18.6 Å². The molecule has 0 heterocycles. The molecule has 0 saturated carbocycles. The molecule has 1 rings (SSSR count). The van der Waals surface area contributed by atoms with Crippen LogP contribution < -0.4 is 5.30 Å². The molecule has 6 heteroatoms. The molecular formula is C12H17Cl2OPS2. The molecule has 2 atom stereocenters. The largest absolute Gasteiger partial charge is 0.354 e. The van der Waals surface area contributed by atoms with Crippen LogP contribution in [0.15, 0.2) is 18.2 Å². The zero-order valence-corrected chi connectivity index (χ0v) is 14.4. The Balaban J connectivity index is 2.83. The Labute approximate surface area is 128 Å². The van der Waals surface area contributed by atoms with E-state index in [1.54, 1.807) is 18.2 Å². The second-order valence-corrected chi connectivity index (χ2v) is 11.8. The van der Waals surface area contributed by atoms with Gasteiger partial charge < -0.3 is 4.89 Å². The van der Waals surface area contributed by atoms with Gasteiger partial charge in [0.1, 0.15) is 5.47 Å². The third kappa shape index (κ3) is 4.70. The van der Waals surface area contributed by atoms with Gasteiger partial charge >= 0.3 is 0 Å². The van der Waals surface area contributed by atoms with Crippen molar-refractivity contribution in [2.24, 2.45) is 5.92 Å². The third-order valence-electron chi connectivity index (χ3n) is 2.54. The fraction of sp³-hybridized carbons (Fsp3) is 0.500. The van der Waals surface area contributed by atoms with Crippen molar-refractivity contribution in [3.8, 4) is 0 Å². The van der Waals surface area contributed by atoms with Crippen molar-refractivity contribution in [2.75, 3.05) is 5.75 Å². The molecule has 0 aliphatic carbocycles. The van der Waals surface area contributed by atoms with Crippen LogP contribution in [0.2, 0.25) is 10.0 Å². The van der Waals surface area contributed by atoms with Gasteiger partial charge in [-0.2, -0.15) is 0 Å². The Bertz CT molecular complexity index is 433. The molecule has 1 nitrogen and oxygen atoms in total. The number of benzene rings is 1. The van der Waals surface area contributed by atoms with Crippen molar-refractivity contribution in [1.82, 2.24) is 0 Å². The van der Waals surface area contributed by atoms with Gasteiger partial charge in [-0.1, -0.05) is 79.1 Å². The van der Waals surface area contributed by atoms with Crippen LogP contribution in [0.4, 0.5) is 0 Å². The zero-order chi connectivity index (χ0) is 13.8. The van der Waals surface area contributed by atoms with E-state index >= 15 is 0 Å². The Morgan fingerprint density at radius 2 is 1.94 bits per heavy atom. The van der Waals surface area contributed by atoms with Crippen molar-refractivity contribution in [3.63, 3.8) is 0 Å². The van der Waals surface area contributed by atoms with Crippen LogP contribution in [-0.2, 0) is 11.8 Å². The maximum atomic E-state index is 10.5. The van der Waals surface area contributed by atoms with E-state index in [1.165, 1.54) is 11.4 Å². The minimum absolute atomic E-state index is 0.462. The fourth-order valence-electron chi connectivity index (χ4n) is 1.63. The van der Waals surface area contributed by atoms with Gasteiger partial charge in [0, 0.05) is 5.75 Å². The third-order valence-corrected chi connectivity index (χ3v) is 9.09. The maximum absolute atomic E-state index is 10.5. The van der Waals surface area contributed by atoms with Gasteiger partial charge in [-0.25, -0.2) is 0 Å². The van der Waals surface area contributed by atoms with E-state index in [1.807, 2.05) is 0 Å². The first-order valence-corrected chi connectivity index (χ1v) is 10.9. The van der Waals surface area contributed by atoms with Crippen LogP contribution in [0.3, 0.4) is 0 Å². The van der Waals surface area contributed by atoms with Crippen molar-refractivity contribution in [1.29, 1.82) is 0 Å². The highest BCUT2D eigenvalue weighted by Gasteiger charge is 2.23. The smallest absolute Gasteiger partial charge is 0.149 e. The van der Waals surface area contributed by atoms with Crippen LogP contribution in [0.5, 0.6) is 0 Å². The van der Waals surface area contributed by atoms with Crippen LogP contribution in [0.25, 0.3) is 0 Å². The predicted molar refractivity (Wildman–Crippen MR) is 89.1 cm³/mol. The van der Waals surface area contributed by atoms with Gasteiger partial charge in [0.15, 0.2) is 0 Å². The quantitative estimate of drug-likeness (QED) is 0.727. The highest BCUT2D eigenvalue weighted by molar-refractivity contribution is 8.71. The first kappa shape index (κ1) is 16.8. The number of hydrogen-bond acceptors (Lipinski definition) is 2. The zero-order valence-electron chi connectivity index (χ0n) is 10.4. The molecule has 1 aromatic carbocycles. The van der Waals surface area contributed by atoms with E-state index in [4.69, 9.17) is 35.0 Å². The molecule has 1 N–H and O–H groups in total. The van der Waals surface area contributed by atoms with Gasteiger partial charge in [-0.15, -0.1) is 0 Å². The summed E-state index contributed by atoms with van der Waals surface area (Å²) in [5, 5.41) is 1.46. The highest BCUT2D eigenvalue weighted by atomic mass is 35.5. The van der Waals surface area contributed by atoms with Crippen LogP contribution in [-0.4, -0.2) is 10.6 Å². The fourth-order valence-corrected chi connectivity index (χ4v) is 8.29. The first-order valence-electron chi connectivity index (χ1n) is 5.80. The van der Waals surface area contributed by atoms with Gasteiger partial charge in [0.25, 0.3) is 0 Å². The normalized spacial score (nSPS) is 16.3. The standard InChI is InChI=1S/C12H17Cl2OPS2/c1-3-5-9(2)8-18-16(15,17)12-10(13)6-4-7-11(12)14/h4,6-7,9H,3,5,8H2,1-2H3,(H,15,17). The molecule has 1 aromatic rings. The number of halogens is 2. The van der Waals surface area contributed by atoms with Crippen LogP contribution in [0.1, 0.15) is 26.7 Å². The SMILES string of the molecule is CCCC(C)CSP(O)(=S)c1c(Cl)cccc1Cl. The maximum Gasteiger partial charge on any atom is 0.149 e. The van der Waals surface area contributed by atoms with Crippen molar-refractivity contribution >= 4 is 57.2 Å². The molecule has 0 saturated heterocycles. The Hall–Kier alpha value is 0.760. The topological polar surface area (TPSA) is 20.2 Å². The van der Waals surface area contributed by atoms with E-state index in [9.17, 15) is 4.89 Å². The lowest BCUT2D eigenvalue weighted by Gasteiger charge is -2.19. The van der Waals surface area contributed by atoms with E-state index < -0.39 is 5.47 Å². The summed E-state index contributed by atoms with van der Waals surface area (Å²) in [6, 6.07) is 5.19.